The highest BCUT2D eigenvalue weighted by Crippen LogP contribution is 2.63. The summed E-state index contributed by atoms with van der Waals surface area (Å²) in [6, 6.07) is 14.8. The third-order valence-corrected chi connectivity index (χ3v) is 6.06. The highest BCUT2D eigenvalue weighted by Gasteiger charge is 2.41. The van der Waals surface area contributed by atoms with Gasteiger partial charge in [0.25, 0.3) is 0 Å². The van der Waals surface area contributed by atoms with Crippen molar-refractivity contribution in [3.05, 3.63) is 53.6 Å². The summed E-state index contributed by atoms with van der Waals surface area (Å²) in [4.78, 5) is 0. The molecule has 5 nitrogen and oxygen atoms in total. The lowest BCUT2D eigenvalue weighted by molar-refractivity contribution is 0.483. The molecule has 0 saturated carbocycles. The minimum absolute atomic E-state index is 0.566. The van der Waals surface area contributed by atoms with E-state index in [4.69, 9.17) is 11.6 Å². The summed E-state index contributed by atoms with van der Waals surface area (Å²) in [5, 5.41) is 3.88. The van der Waals surface area contributed by atoms with Gasteiger partial charge in [0.15, 0.2) is 0 Å². The van der Waals surface area contributed by atoms with Crippen LogP contribution in [0.1, 0.15) is 13.3 Å². The Morgan fingerprint density at radius 3 is 2.38 bits per heavy atom. The number of fused-ring (bicyclic) bond motifs is 1. The Bertz CT molecular complexity index is 696. The van der Waals surface area contributed by atoms with Gasteiger partial charge in [-0.2, -0.15) is 0 Å². The zero-order chi connectivity index (χ0) is 17.2. The smallest absolute Gasteiger partial charge is 0.0896 e. The van der Waals surface area contributed by atoms with Gasteiger partial charge in [-0.15, -0.1) is 0 Å². The summed E-state index contributed by atoms with van der Waals surface area (Å²) < 4.78 is 25.2. The average Bonchev–Trinajstić information content (AvgIpc) is 2.79. The molecule has 24 heavy (non-hydrogen) atoms. The van der Waals surface area contributed by atoms with E-state index in [-0.39, 0.29) is 0 Å². The zero-order valence-electron chi connectivity index (χ0n) is 13.5. The molecule has 2 aromatic carbocycles. The third kappa shape index (κ3) is 3.20. The Morgan fingerprint density at radius 1 is 1.04 bits per heavy atom. The van der Waals surface area contributed by atoms with Crippen LogP contribution >= 0.6 is 22.6 Å². The molecule has 3 rings (SSSR count). The second-order valence-corrected chi connectivity index (χ2v) is 7.78. The van der Waals surface area contributed by atoms with Gasteiger partial charge in [0, 0.05) is 11.6 Å². The zero-order valence-corrected chi connectivity index (χ0v) is 15.1. The number of nitrogens with one attached hydrogen (secondary N) is 1. The quantitative estimate of drug-likeness (QED) is 0.635. The highest BCUT2D eigenvalue weighted by molar-refractivity contribution is 8.27. The topological polar surface area (TPSA) is 59.0 Å². The Hall–Kier alpha value is -1.44. The molecule has 0 atom stereocenters. The molecule has 0 bridgehead atoms. The van der Waals surface area contributed by atoms with Crippen molar-refractivity contribution in [1.82, 2.24) is 5.32 Å². The van der Waals surface area contributed by atoms with Crippen LogP contribution in [0.4, 0.5) is 17.1 Å². The molecular formula is C17H22ClN3O2S. The van der Waals surface area contributed by atoms with Crippen LogP contribution < -0.4 is 13.9 Å². The van der Waals surface area contributed by atoms with Gasteiger partial charge in [-0.05, 0) is 66.9 Å². The molecule has 0 saturated heterocycles. The first-order chi connectivity index (χ1) is 11.6. The highest BCUT2D eigenvalue weighted by atomic mass is 35.5. The van der Waals surface area contributed by atoms with Crippen molar-refractivity contribution in [3.8, 4) is 0 Å². The maximum atomic E-state index is 11.0. The normalized spacial score (nSPS) is 17.0. The van der Waals surface area contributed by atoms with Crippen molar-refractivity contribution in [2.24, 2.45) is 0 Å². The number of rotatable bonds is 6. The fourth-order valence-electron chi connectivity index (χ4n) is 2.83. The second kappa shape index (κ2) is 7.21. The first-order valence-corrected chi connectivity index (χ1v) is 9.81. The minimum atomic E-state index is -3.14. The van der Waals surface area contributed by atoms with Gasteiger partial charge in [0.05, 0.1) is 17.1 Å². The lowest BCUT2D eigenvalue weighted by Crippen LogP contribution is -2.33. The number of hydrogen-bond donors (Lipinski definition) is 3. The molecule has 7 heteroatoms. The first kappa shape index (κ1) is 17.4. The monoisotopic (exact) mass is 367 g/mol. The molecule has 0 spiro atoms. The SMILES string of the molecule is CCNCCCN1c2ccccc2N(c2ccc(Cl)cc2)S1(O)O. The van der Waals surface area contributed by atoms with Crippen molar-refractivity contribution in [3.63, 3.8) is 0 Å². The summed E-state index contributed by atoms with van der Waals surface area (Å²) in [6.45, 7) is 4.37. The van der Waals surface area contributed by atoms with Crippen molar-refractivity contribution in [1.29, 1.82) is 0 Å². The molecule has 0 aliphatic carbocycles. The van der Waals surface area contributed by atoms with Gasteiger partial charge in [-0.1, -0.05) is 30.7 Å². The van der Waals surface area contributed by atoms with Gasteiger partial charge in [0.1, 0.15) is 0 Å². The van der Waals surface area contributed by atoms with Crippen LogP contribution in [0.15, 0.2) is 48.5 Å². The van der Waals surface area contributed by atoms with Crippen LogP contribution in [-0.4, -0.2) is 28.7 Å². The van der Waals surface area contributed by atoms with Gasteiger partial charge in [0.2, 0.25) is 0 Å². The first-order valence-electron chi connectivity index (χ1n) is 7.97. The molecule has 0 aromatic heterocycles. The molecule has 0 radical (unpaired) electrons. The van der Waals surface area contributed by atoms with E-state index in [1.54, 1.807) is 32.9 Å². The summed E-state index contributed by atoms with van der Waals surface area (Å²) in [5.41, 5.74) is 2.34. The summed E-state index contributed by atoms with van der Waals surface area (Å²) in [5.74, 6) is 0. The molecule has 1 aliphatic heterocycles. The Morgan fingerprint density at radius 2 is 1.71 bits per heavy atom. The Kier molecular flexibility index (Phi) is 5.22. The fourth-order valence-corrected chi connectivity index (χ4v) is 4.77. The second-order valence-electron chi connectivity index (χ2n) is 5.56. The van der Waals surface area contributed by atoms with Crippen molar-refractivity contribution >= 4 is 39.6 Å². The van der Waals surface area contributed by atoms with E-state index in [0.717, 1.165) is 30.9 Å². The molecule has 3 N–H and O–H groups in total. The van der Waals surface area contributed by atoms with Gasteiger partial charge < -0.3 is 5.32 Å². The van der Waals surface area contributed by atoms with Crippen LogP contribution in [0.25, 0.3) is 0 Å². The van der Waals surface area contributed by atoms with E-state index in [1.807, 2.05) is 24.3 Å². The van der Waals surface area contributed by atoms with Crippen molar-refractivity contribution in [2.45, 2.75) is 13.3 Å². The molecule has 1 aliphatic rings. The van der Waals surface area contributed by atoms with E-state index in [1.165, 1.54) is 0 Å². The van der Waals surface area contributed by atoms with E-state index in [2.05, 4.69) is 12.2 Å². The van der Waals surface area contributed by atoms with Gasteiger partial charge in [-0.3, -0.25) is 13.4 Å². The predicted octanol–water partition coefficient (Wildman–Crippen LogP) is 4.88. The van der Waals surface area contributed by atoms with Gasteiger partial charge in [-0.25, -0.2) is 4.31 Å². The third-order valence-electron chi connectivity index (χ3n) is 3.94. The average molecular weight is 368 g/mol. The lowest BCUT2D eigenvalue weighted by Gasteiger charge is -2.43. The number of anilines is 3. The number of nitrogens with zero attached hydrogens (tertiary/aromatic N) is 2. The maximum absolute atomic E-state index is 11.0. The van der Waals surface area contributed by atoms with E-state index < -0.39 is 11.0 Å². The van der Waals surface area contributed by atoms with E-state index in [9.17, 15) is 9.11 Å². The van der Waals surface area contributed by atoms with Crippen molar-refractivity contribution < 1.29 is 9.11 Å². The van der Waals surface area contributed by atoms with Gasteiger partial charge >= 0.3 is 0 Å². The van der Waals surface area contributed by atoms with Crippen LogP contribution in [0.5, 0.6) is 0 Å². The van der Waals surface area contributed by atoms with Crippen LogP contribution in [-0.2, 0) is 0 Å². The number of para-hydroxylation sites is 2. The summed E-state index contributed by atoms with van der Waals surface area (Å²) in [7, 11) is -3.14. The van der Waals surface area contributed by atoms with Crippen molar-refractivity contribution in [2.75, 3.05) is 28.2 Å². The number of hydrogen-bond acceptors (Lipinski definition) is 5. The van der Waals surface area contributed by atoms with E-state index in [0.29, 0.717) is 17.3 Å². The maximum Gasteiger partial charge on any atom is 0.0896 e. The lowest BCUT2D eigenvalue weighted by atomic mass is 10.2. The van der Waals surface area contributed by atoms with Crippen LogP contribution in [0, 0.1) is 0 Å². The Labute approximate surface area is 149 Å². The fraction of sp³-hybridized carbons (Fsp3) is 0.294. The molecular weight excluding hydrogens is 346 g/mol. The predicted molar refractivity (Wildman–Crippen MR) is 103 cm³/mol. The minimum Gasteiger partial charge on any atom is -0.317 e. The standard InChI is InChI=1S/C17H22ClN3O2S/c1-2-19-12-5-13-20-16-6-3-4-7-17(16)21(24(20,22)23)15-10-8-14(18)9-11-15/h3-4,6-11,19,22-23H,2,5,12-13H2,1H3. The summed E-state index contributed by atoms with van der Waals surface area (Å²) in [6.07, 6.45) is 0.826. The Balaban J connectivity index is 1.94. The largest absolute Gasteiger partial charge is 0.317 e. The summed E-state index contributed by atoms with van der Waals surface area (Å²) >= 11 is 5.96. The van der Waals surface area contributed by atoms with Crippen LogP contribution in [0.3, 0.4) is 0 Å². The molecule has 0 unspecified atom stereocenters. The molecule has 1 heterocycles. The molecule has 130 valence electrons. The molecule has 0 fully saturated rings. The van der Waals surface area contributed by atoms with Crippen LogP contribution in [0.2, 0.25) is 5.02 Å². The molecule has 0 amide bonds. The van der Waals surface area contributed by atoms with E-state index >= 15 is 0 Å². The number of halogens is 1. The molecule has 2 aromatic rings. The number of benzene rings is 2.